The number of hydrogen-bond donors (Lipinski definition) is 0. The molecule has 2 heterocycles. The van der Waals surface area contributed by atoms with Crippen LogP contribution in [-0.2, 0) is 6.42 Å². The standard InChI is InChI=1S/C16H19ClIN3/c17-7-5-16-19-14-9-11(18)1-4-15(14)21(16)13-6-8-20(10-13)12-2-3-12/h1,4,9,12-13H,2-3,5-8,10H2. The first-order chi connectivity index (χ1) is 10.3. The number of aryl methyl sites for hydroxylation is 1. The maximum absolute atomic E-state index is 6.00. The van der Waals surface area contributed by atoms with E-state index >= 15 is 0 Å². The lowest BCUT2D eigenvalue weighted by molar-refractivity contribution is 0.314. The third-order valence-corrected chi connectivity index (χ3v) is 5.53. The largest absolute Gasteiger partial charge is 0.323 e. The van der Waals surface area contributed by atoms with Gasteiger partial charge >= 0.3 is 0 Å². The van der Waals surface area contributed by atoms with Crippen LogP contribution in [-0.4, -0.2) is 39.5 Å². The van der Waals surface area contributed by atoms with E-state index in [1.807, 2.05) is 0 Å². The zero-order valence-corrected chi connectivity index (χ0v) is 14.8. The Morgan fingerprint density at radius 1 is 1.24 bits per heavy atom. The molecular weight excluding hydrogens is 397 g/mol. The molecule has 1 aliphatic carbocycles. The Morgan fingerprint density at radius 2 is 2.10 bits per heavy atom. The zero-order valence-electron chi connectivity index (χ0n) is 11.9. The van der Waals surface area contributed by atoms with Gasteiger partial charge in [0, 0.05) is 41.0 Å². The fourth-order valence-corrected chi connectivity index (χ4v) is 4.18. The SMILES string of the molecule is ClCCc1nc2cc(I)ccc2n1C1CCN(C2CC2)C1. The van der Waals surface area contributed by atoms with Gasteiger partial charge in [-0.05, 0) is 60.1 Å². The molecule has 21 heavy (non-hydrogen) atoms. The van der Waals surface area contributed by atoms with Crippen LogP contribution in [0, 0.1) is 3.57 Å². The normalized spacial score (nSPS) is 23.2. The summed E-state index contributed by atoms with van der Waals surface area (Å²) >= 11 is 8.35. The third-order valence-electron chi connectivity index (χ3n) is 4.67. The maximum Gasteiger partial charge on any atom is 0.111 e. The second kappa shape index (κ2) is 5.70. The van der Waals surface area contributed by atoms with E-state index in [9.17, 15) is 0 Å². The van der Waals surface area contributed by atoms with Gasteiger partial charge in [0.2, 0.25) is 0 Å². The molecule has 112 valence electrons. The number of hydrogen-bond acceptors (Lipinski definition) is 2. The molecule has 0 spiro atoms. The molecule has 5 heteroatoms. The molecule has 0 N–H and O–H groups in total. The zero-order chi connectivity index (χ0) is 14.4. The number of imidazole rings is 1. The monoisotopic (exact) mass is 415 g/mol. The Kier molecular flexibility index (Phi) is 3.88. The van der Waals surface area contributed by atoms with Crippen LogP contribution in [0.15, 0.2) is 18.2 Å². The average molecular weight is 416 g/mol. The number of nitrogens with zero attached hydrogens (tertiary/aromatic N) is 3. The first-order valence-corrected chi connectivity index (χ1v) is 9.34. The molecule has 0 amide bonds. The van der Waals surface area contributed by atoms with Gasteiger partial charge in [-0.3, -0.25) is 4.90 Å². The van der Waals surface area contributed by atoms with Crippen LogP contribution >= 0.6 is 34.2 Å². The third kappa shape index (κ3) is 2.70. The number of fused-ring (bicyclic) bond motifs is 1. The summed E-state index contributed by atoms with van der Waals surface area (Å²) in [5, 5.41) is 0. The first kappa shape index (κ1) is 14.3. The maximum atomic E-state index is 6.00. The van der Waals surface area contributed by atoms with Crippen molar-refractivity contribution in [3.05, 3.63) is 27.6 Å². The Balaban J connectivity index is 1.73. The summed E-state index contributed by atoms with van der Waals surface area (Å²) in [6, 6.07) is 8.01. The summed E-state index contributed by atoms with van der Waals surface area (Å²) in [6.07, 6.45) is 4.88. The van der Waals surface area contributed by atoms with Gasteiger partial charge in [0.05, 0.1) is 11.0 Å². The van der Waals surface area contributed by atoms with Gasteiger partial charge in [0.25, 0.3) is 0 Å². The van der Waals surface area contributed by atoms with Crippen LogP contribution in [0.3, 0.4) is 0 Å². The van der Waals surface area contributed by atoms with Crippen molar-refractivity contribution in [3.8, 4) is 0 Å². The second-order valence-electron chi connectivity index (χ2n) is 6.14. The van der Waals surface area contributed by atoms with Gasteiger partial charge in [0.15, 0.2) is 0 Å². The molecule has 1 saturated heterocycles. The highest BCUT2D eigenvalue weighted by atomic mass is 127. The van der Waals surface area contributed by atoms with Gasteiger partial charge in [0.1, 0.15) is 5.82 Å². The van der Waals surface area contributed by atoms with E-state index in [1.54, 1.807) is 0 Å². The van der Waals surface area contributed by atoms with Gasteiger partial charge in [-0.2, -0.15) is 0 Å². The first-order valence-electron chi connectivity index (χ1n) is 7.72. The molecule has 2 aliphatic rings. The lowest BCUT2D eigenvalue weighted by atomic mass is 10.2. The lowest BCUT2D eigenvalue weighted by Crippen LogP contribution is -2.24. The van der Waals surface area contributed by atoms with Crippen molar-refractivity contribution in [1.82, 2.24) is 14.5 Å². The van der Waals surface area contributed by atoms with Crippen molar-refractivity contribution in [2.45, 2.75) is 37.8 Å². The van der Waals surface area contributed by atoms with Gasteiger partial charge in [-0.15, -0.1) is 11.6 Å². The molecule has 4 rings (SSSR count). The van der Waals surface area contributed by atoms with E-state index in [-0.39, 0.29) is 0 Å². The molecular formula is C16H19ClIN3. The highest BCUT2D eigenvalue weighted by Gasteiger charge is 2.35. The summed E-state index contributed by atoms with van der Waals surface area (Å²) in [5.41, 5.74) is 2.39. The summed E-state index contributed by atoms with van der Waals surface area (Å²) in [4.78, 5) is 7.51. The molecule has 1 aliphatic heterocycles. The van der Waals surface area contributed by atoms with E-state index in [1.165, 1.54) is 41.4 Å². The number of benzene rings is 1. The van der Waals surface area contributed by atoms with Gasteiger partial charge in [-0.25, -0.2) is 4.98 Å². The number of alkyl halides is 1. The van der Waals surface area contributed by atoms with Crippen LogP contribution in [0.2, 0.25) is 0 Å². The molecule has 1 atom stereocenters. The van der Waals surface area contributed by atoms with Crippen molar-refractivity contribution in [2.24, 2.45) is 0 Å². The Hall–Kier alpha value is -0.330. The van der Waals surface area contributed by atoms with Crippen molar-refractivity contribution in [3.63, 3.8) is 0 Å². The molecule has 2 aromatic rings. The van der Waals surface area contributed by atoms with E-state index in [0.29, 0.717) is 11.9 Å². The fourth-order valence-electron chi connectivity index (χ4n) is 3.54. The Morgan fingerprint density at radius 3 is 2.86 bits per heavy atom. The van der Waals surface area contributed by atoms with E-state index in [2.05, 4.69) is 50.3 Å². The topological polar surface area (TPSA) is 21.1 Å². The Labute approximate surface area is 143 Å². The summed E-state index contributed by atoms with van der Waals surface area (Å²) in [5.74, 6) is 1.80. The quantitative estimate of drug-likeness (QED) is 0.559. The molecule has 1 saturated carbocycles. The second-order valence-corrected chi connectivity index (χ2v) is 7.76. The molecule has 0 radical (unpaired) electrons. The minimum absolute atomic E-state index is 0.564. The van der Waals surface area contributed by atoms with E-state index in [0.717, 1.165) is 23.8 Å². The molecule has 1 aromatic carbocycles. The smallest absolute Gasteiger partial charge is 0.111 e. The number of likely N-dealkylation sites (tertiary alicyclic amines) is 1. The van der Waals surface area contributed by atoms with Gasteiger partial charge in [-0.1, -0.05) is 0 Å². The van der Waals surface area contributed by atoms with Crippen molar-refractivity contribution < 1.29 is 0 Å². The van der Waals surface area contributed by atoms with Crippen LogP contribution in [0.25, 0.3) is 11.0 Å². The average Bonchev–Trinajstić information content (AvgIpc) is 3.10. The van der Waals surface area contributed by atoms with Gasteiger partial charge < -0.3 is 4.57 Å². The summed E-state index contributed by atoms with van der Waals surface area (Å²) in [7, 11) is 0. The highest BCUT2D eigenvalue weighted by molar-refractivity contribution is 14.1. The van der Waals surface area contributed by atoms with Crippen LogP contribution in [0.4, 0.5) is 0 Å². The van der Waals surface area contributed by atoms with Crippen molar-refractivity contribution in [2.75, 3.05) is 19.0 Å². The van der Waals surface area contributed by atoms with E-state index in [4.69, 9.17) is 16.6 Å². The minimum Gasteiger partial charge on any atom is -0.323 e. The predicted molar refractivity (Wildman–Crippen MR) is 95.1 cm³/mol. The minimum atomic E-state index is 0.564. The van der Waals surface area contributed by atoms with Crippen LogP contribution < -0.4 is 0 Å². The Bertz CT molecular complexity index is 665. The van der Waals surface area contributed by atoms with E-state index < -0.39 is 0 Å². The molecule has 2 fully saturated rings. The van der Waals surface area contributed by atoms with Crippen LogP contribution in [0.5, 0.6) is 0 Å². The summed E-state index contributed by atoms with van der Waals surface area (Å²) in [6.45, 7) is 2.41. The van der Waals surface area contributed by atoms with Crippen molar-refractivity contribution in [1.29, 1.82) is 0 Å². The number of rotatable bonds is 4. The van der Waals surface area contributed by atoms with Crippen molar-refractivity contribution >= 4 is 45.2 Å². The number of halogens is 2. The number of aromatic nitrogens is 2. The van der Waals surface area contributed by atoms with Crippen LogP contribution in [0.1, 0.15) is 31.1 Å². The molecule has 0 bridgehead atoms. The highest BCUT2D eigenvalue weighted by Crippen LogP contribution is 2.35. The molecule has 3 nitrogen and oxygen atoms in total. The molecule has 1 unspecified atom stereocenters. The molecule has 1 aromatic heterocycles. The summed E-state index contributed by atoms with van der Waals surface area (Å²) < 4.78 is 3.71. The fraction of sp³-hybridized carbons (Fsp3) is 0.562. The lowest BCUT2D eigenvalue weighted by Gasteiger charge is -2.18. The predicted octanol–water partition coefficient (Wildman–Crippen LogP) is 3.83.